The molecule has 4 heteroatoms. The Labute approximate surface area is 108 Å². The zero-order chi connectivity index (χ0) is 12.3. The standard InChI is InChI=1S/C14H22N2O2/c17-13-9-4-10-7-16(12(13)11(10)5-9)14(18)8-2-1-3-15-6-8/h8-13,15,17H,1-7H2/t8-,9?,10?,11?,12?,13?/m1/s1. The summed E-state index contributed by atoms with van der Waals surface area (Å²) in [5.74, 6) is 2.23. The quantitative estimate of drug-likeness (QED) is 0.700. The third-order valence-corrected chi connectivity index (χ3v) is 5.78. The fraction of sp³-hybridized carbons (Fsp3) is 0.929. The summed E-state index contributed by atoms with van der Waals surface area (Å²) in [7, 11) is 0. The lowest BCUT2D eigenvalue weighted by atomic mass is 9.88. The molecule has 2 saturated carbocycles. The maximum Gasteiger partial charge on any atom is 0.227 e. The molecule has 0 radical (unpaired) electrons. The Bertz CT molecular complexity index is 365. The van der Waals surface area contributed by atoms with Gasteiger partial charge < -0.3 is 15.3 Å². The van der Waals surface area contributed by atoms with Crippen LogP contribution in [0.15, 0.2) is 0 Å². The summed E-state index contributed by atoms with van der Waals surface area (Å²) >= 11 is 0. The molecule has 2 heterocycles. The largest absolute Gasteiger partial charge is 0.391 e. The van der Waals surface area contributed by atoms with Crippen LogP contribution in [0.5, 0.6) is 0 Å². The van der Waals surface area contributed by atoms with Crippen LogP contribution in [0.25, 0.3) is 0 Å². The van der Waals surface area contributed by atoms with Gasteiger partial charge in [0.1, 0.15) is 0 Å². The number of fused-ring (bicyclic) bond motifs is 1. The van der Waals surface area contributed by atoms with Gasteiger partial charge in [0.2, 0.25) is 5.91 Å². The zero-order valence-corrected chi connectivity index (χ0v) is 10.7. The number of hydrogen-bond donors (Lipinski definition) is 2. The Kier molecular flexibility index (Phi) is 2.46. The lowest BCUT2D eigenvalue weighted by Gasteiger charge is -2.32. The first-order valence-electron chi connectivity index (χ1n) is 7.45. The van der Waals surface area contributed by atoms with Gasteiger partial charge in [-0.3, -0.25) is 4.79 Å². The van der Waals surface area contributed by atoms with Crippen LogP contribution >= 0.6 is 0 Å². The van der Waals surface area contributed by atoms with Crippen LogP contribution in [0.2, 0.25) is 0 Å². The fourth-order valence-electron chi connectivity index (χ4n) is 4.96. The average Bonchev–Trinajstić information content (AvgIpc) is 3.00. The van der Waals surface area contributed by atoms with E-state index in [2.05, 4.69) is 5.32 Å². The van der Waals surface area contributed by atoms with E-state index in [1.807, 2.05) is 4.90 Å². The summed E-state index contributed by atoms with van der Waals surface area (Å²) in [6.45, 7) is 2.79. The van der Waals surface area contributed by atoms with Crippen LogP contribution < -0.4 is 5.32 Å². The van der Waals surface area contributed by atoms with Gasteiger partial charge in [-0.1, -0.05) is 0 Å². The van der Waals surface area contributed by atoms with Crippen molar-refractivity contribution in [1.29, 1.82) is 0 Å². The monoisotopic (exact) mass is 250 g/mol. The second-order valence-corrected chi connectivity index (χ2v) is 6.67. The van der Waals surface area contributed by atoms with Crippen molar-refractivity contribution in [3.05, 3.63) is 0 Å². The highest BCUT2D eigenvalue weighted by molar-refractivity contribution is 5.80. The second kappa shape index (κ2) is 3.94. The number of hydrogen-bond acceptors (Lipinski definition) is 3. The van der Waals surface area contributed by atoms with Crippen LogP contribution in [0, 0.1) is 23.7 Å². The first-order chi connectivity index (χ1) is 8.75. The second-order valence-electron chi connectivity index (χ2n) is 6.67. The van der Waals surface area contributed by atoms with Crippen LogP contribution in [-0.4, -0.2) is 47.7 Å². The molecule has 2 bridgehead atoms. The van der Waals surface area contributed by atoms with Gasteiger partial charge in [-0.25, -0.2) is 0 Å². The Morgan fingerprint density at radius 2 is 2.17 bits per heavy atom. The minimum atomic E-state index is -0.241. The number of nitrogens with one attached hydrogen (secondary N) is 1. The van der Waals surface area contributed by atoms with E-state index in [4.69, 9.17) is 0 Å². The first kappa shape index (κ1) is 11.2. The maximum atomic E-state index is 12.6. The van der Waals surface area contributed by atoms with Gasteiger partial charge in [-0.2, -0.15) is 0 Å². The molecule has 0 aromatic heterocycles. The Morgan fingerprint density at radius 3 is 2.89 bits per heavy atom. The molecule has 4 rings (SSSR count). The predicted octanol–water partition coefficient (Wildman–Crippen LogP) is 0.214. The molecular weight excluding hydrogens is 228 g/mol. The number of carbonyl (C=O) groups is 1. The molecule has 0 aromatic carbocycles. The van der Waals surface area contributed by atoms with Gasteiger partial charge in [0, 0.05) is 13.1 Å². The molecule has 4 aliphatic rings. The van der Waals surface area contributed by atoms with Crippen molar-refractivity contribution in [2.45, 2.75) is 37.8 Å². The van der Waals surface area contributed by atoms with Crippen molar-refractivity contribution >= 4 is 5.91 Å². The first-order valence-corrected chi connectivity index (χ1v) is 7.45. The summed E-state index contributed by atoms with van der Waals surface area (Å²) < 4.78 is 0. The zero-order valence-electron chi connectivity index (χ0n) is 10.7. The average molecular weight is 250 g/mol. The van der Waals surface area contributed by atoms with Crippen LogP contribution in [-0.2, 0) is 4.79 Å². The van der Waals surface area contributed by atoms with Crippen molar-refractivity contribution < 1.29 is 9.90 Å². The van der Waals surface area contributed by atoms with E-state index in [0.29, 0.717) is 23.7 Å². The van der Waals surface area contributed by atoms with E-state index in [9.17, 15) is 9.90 Å². The number of amides is 1. The van der Waals surface area contributed by atoms with Crippen molar-refractivity contribution in [3.63, 3.8) is 0 Å². The van der Waals surface area contributed by atoms with E-state index in [1.54, 1.807) is 0 Å². The van der Waals surface area contributed by atoms with Gasteiger partial charge in [0.15, 0.2) is 0 Å². The van der Waals surface area contributed by atoms with Crippen molar-refractivity contribution in [1.82, 2.24) is 10.2 Å². The highest BCUT2D eigenvalue weighted by Crippen LogP contribution is 2.55. The van der Waals surface area contributed by atoms with Crippen LogP contribution in [0.1, 0.15) is 25.7 Å². The van der Waals surface area contributed by atoms with E-state index < -0.39 is 0 Å². The summed E-state index contributed by atoms with van der Waals surface area (Å²) in [6, 6.07) is 0.156. The Balaban J connectivity index is 1.53. The molecular formula is C14H22N2O2. The number of likely N-dealkylation sites (tertiary alicyclic amines) is 1. The van der Waals surface area contributed by atoms with E-state index in [-0.39, 0.29) is 18.1 Å². The van der Waals surface area contributed by atoms with E-state index in [1.165, 1.54) is 0 Å². The van der Waals surface area contributed by atoms with E-state index in [0.717, 1.165) is 45.3 Å². The number of carbonyl (C=O) groups excluding carboxylic acids is 1. The van der Waals surface area contributed by atoms with Gasteiger partial charge in [0.25, 0.3) is 0 Å². The summed E-state index contributed by atoms with van der Waals surface area (Å²) in [6.07, 6.45) is 4.18. The topological polar surface area (TPSA) is 52.6 Å². The van der Waals surface area contributed by atoms with Crippen LogP contribution in [0.4, 0.5) is 0 Å². The summed E-state index contributed by atoms with van der Waals surface area (Å²) in [4.78, 5) is 14.7. The molecule has 2 saturated heterocycles. The van der Waals surface area contributed by atoms with Gasteiger partial charge in [0.05, 0.1) is 18.1 Å². The highest BCUT2D eigenvalue weighted by Gasteiger charge is 2.60. The van der Waals surface area contributed by atoms with E-state index >= 15 is 0 Å². The number of aliphatic hydroxyl groups is 1. The van der Waals surface area contributed by atoms with Crippen molar-refractivity contribution in [2.24, 2.45) is 23.7 Å². The molecule has 0 aromatic rings. The summed E-state index contributed by atoms with van der Waals surface area (Å²) in [5, 5.41) is 13.6. The highest BCUT2D eigenvalue weighted by atomic mass is 16.3. The molecule has 2 N–H and O–H groups in total. The smallest absolute Gasteiger partial charge is 0.227 e. The van der Waals surface area contributed by atoms with Crippen molar-refractivity contribution in [2.75, 3.05) is 19.6 Å². The number of aliphatic hydroxyl groups excluding tert-OH is 1. The van der Waals surface area contributed by atoms with Gasteiger partial charge >= 0.3 is 0 Å². The molecule has 5 unspecified atom stereocenters. The van der Waals surface area contributed by atoms with Gasteiger partial charge in [-0.15, -0.1) is 0 Å². The molecule has 100 valence electrons. The molecule has 0 spiro atoms. The normalized spacial score (nSPS) is 49.9. The minimum absolute atomic E-state index is 0.155. The molecule has 2 aliphatic heterocycles. The Morgan fingerprint density at radius 1 is 1.28 bits per heavy atom. The third-order valence-electron chi connectivity index (χ3n) is 5.78. The molecule has 4 fully saturated rings. The Hall–Kier alpha value is -0.610. The molecule has 4 nitrogen and oxygen atoms in total. The third kappa shape index (κ3) is 1.42. The molecule has 2 aliphatic carbocycles. The van der Waals surface area contributed by atoms with Crippen LogP contribution in [0.3, 0.4) is 0 Å². The summed E-state index contributed by atoms with van der Waals surface area (Å²) in [5.41, 5.74) is 0. The number of piperidine rings is 1. The van der Waals surface area contributed by atoms with Crippen molar-refractivity contribution in [3.8, 4) is 0 Å². The number of rotatable bonds is 1. The maximum absolute atomic E-state index is 12.6. The predicted molar refractivity (Wildman–Crippen MR) is 66.8 cm³/mol. The SMILES string of the molecule is O=C([C@@H]1CCCNC1)N1CC2CC3CC2C1C3O. The minimum Gasteiger partial charge on any atom is -0.391 e. The number of nitrogens with zero attached hydrogens (tertiary/aromatic N) is 1. The fourth-order valence-corrected chi connectivity index (χ4v) is 4.96. The van der Waals surface area contributed by atoms with Gasteiger partial charge in [-0.05, 0) is 50.0 Å². The molecule has 6 atom stereocenters. The molecule has 1 amide bonds. The lowest BCUT2D eigenvalue weighted by Crippen LogP contribution is -2.48. The lowest BCUT2D eigenvalue weighted by molar-refractivity contribution is -0.139. The molecule has 18 heavy (non-hydrogen) atoms.